The van der Waals surface area contributed by atoms with Gasteiger partial charge in [0.1, 0.15) is 0 Å². The summed E-state index contributed by atoms with van der Waals surface area (Å²) in [5.74, 6) is -1.43. The number of carboxylic acid groups (broad SMARTS) is 1. The minimum atomic E-state index is -1.08. The lowest BCUT2D eigenvalue weighted by Crippen LogP contribution is -2.47. The summed E-state index contributed by atoms with van der Waals surface area (Å²) in [6, 6.07) is 4.47. The number of amides is 2. The first-order valence-corrected chi connectivity index (χ1v) is 9.25. The molecule has 2 N–H and O–H groups in total. The Morgan fingerprint density at radius 3 is 2.31 bits per heavy atom. The Labute approximate surface area is 153 Å². The van der Waals surface area contributed by atoms with Gasteiger partial charge in [-0.05, 0) is 45.1 Å². The third-order valence-electron chi connectivity index (χ3n) is 5.14. The van der Waals surface area contributed by atoms with Crippen molar-refractivity contribution in [2.45, 2.75) is 45.6 Å². The minimum Gasteiger partial charge on any atom is -0.479 e. The first-order chi connectivity index (χ1) is 12.3. The molecule has 1 aliphatic carbocycles. The standard InChI is InChI=1S/C20H26N2O4/c1-12-8-13(2)10-16(9-12)17(20(25)26)21-18(23)15-4-3-7-22(11-15)19(24)14-5-6-14/h8-10,14-15,17H,3-7,11H2,1-2H3,(H,21,23)(H,25,26). The predicted octanol–water partition coefficient (Wildman–Crippen LogP) is 2.19. The number of carbonyl (C=O) groups is 3. The van der Waals surface area contributed by atoms with Crippen LogP contribution in [0.5, 0.6) is 0 Å². The van der Waals surface area contributed by atoms with Gasteiger partial charge in [0.2, 0.25) is 11.8 Å². The zero-order valence-corrected chi connectivity index (χ0v) is 15.3. The topological polar surface area (TPSA) is 86.7 Å². The summed E-state index contributed by atoms with van der Waals surface area (Å²) < 4.78 is 0. The fourth-order valence-electron chi connectivity index (χ4n) is 3.70. The number of benzene rings is 1. The predicted molar refractivity (Wildman–Crippen MR) is 96.5 cm³/mol. The first kappa shape index (κ1) is 18.4. The second kappa shape index (κ2) is 7.48. The Bertz CT molecular complexity index is 706. The number of piperidine rings is 1. The molecule has 140 valence electrons. The maximum Gasteiger partial charge on any atom is 0.330 e. The highest BCUT2D eigenvalue weighted by molar-refractivity contribution is 5.87. The number of hydrogen-bond acceptors (Lipinski definition) is 3. The number of nitrogens with zero attached hydrogens (tertiary/aromatic N) is 1. The van der Waals surface area contributed by atoms with Gasteiger partial charge >= 0.3 is 5.97 Å². The molecule has 2 atom stereocenters. The highest BCUT2D eigenvalue weighted by Gasteiger charge is 2.37. The molecule has 0 aromatic heterocycles. The maximum absolute atomic E-state index is 12.7. The number of carbonyl (C=O) groups excluding carboxylic acids is 2. The number of carboxylic acids is 1. The Balaban J connectivity index is 1.69. The zero-order valence-electron chi connectivity index (χ0n) is 15.3. The molecule has 2 aliphatic rings. The van der Waals surface area contributed by atoms with E-state index in [4.69, 9.17) is 0 Å². The van der Waals surface area contributed by atoms with Crippen LogP contribution in [0.15, 0.2) is 18.2 Å². The molecule has 0 spiro atoms. The normalized spacial score (nSPS) is 21.2. The van der Waals surface area contributed by atoms with Crippen molar-refractivity contribution >= 4 is 17.8 Å². The lowest BCUT2D eigenvalue weighted by atomic mass is 9.95. The Kier molecular flexibility index (Phi) is 5.30. The summed E-state index contributed by atoms with van der Waals surface area (Å²) in [6.07, 6.45) is 3.34. The number of likely N-dealkylation sites (tertiary alicyclic amines) is 1. The number of aliphatic carboxylic acids is 1. The van der Waals surface area contributed by atoms with Gasteiger partial charge in [-0.1, -0.05) is 29.3 Å². The van der Waals surface area contributed by atoms with E-state index in [1.165, 1.54) is 0 Å². The van der Waals surface area contributed by atoms with E-state index in [1.54, 1.807) is 17.0 Å². The molecule has 1 saturated carbocycles. The average Bonchev–Trinajstić information content (AvgIpc) is 3.42. The number of nitrogens with one attached hydrogen (secondary N) is 1. The second-order valence-electron chi connectivity index (χ2n) is 7.60. The van der Waals surface area contributed by atoms with Crippen LogP contribution in [0.1, 0.15) is 48.4 Å². The van der Waals surface area contributed by atoms with Crippen LogP contribution < -0.4 is 5.32 Å². The zero-order chi connectivity index (χ0) is 18.8. The molecule has 1 heterocycles. The highest BCUT2D eigenvalue weighted by Crippen LogP contribution is 2.32. The van der Waals surface area contributed by atoms with E-state index in [1.807, 2.05) is 19.9 Å². The average molecular weight is 358 g/mol. The molecule has 6 nitrogen and oxygen atoms in total. The van der Waals surface area contributed by atoms with Gasteiger partial charge in [0.15, 0.2) is 6.04 Å². The van der Waals surface area contributed by atoms with E-state index in [-0.39, 0.29) is 23.7 Å². The lowest BCUT2D eigenvalue weighted by Gasteiger charge is -2.32. The molecule has 1 aliphatic heterocycles. The van der Waals surface area contributed by atoms with Crippen LogP contribution in [0.25, 0.3) is 0 Å². The molecule has 1 aromatic carbocycles. The van der Waals surface area contributed by atoms with Crippen molar-refractivity contribution in [3.8, 4) is 0 Å². The summed E-state index contributed by atoms with van der Waals surface area (Å²) in [5.41, 5.74) is 2.49. The summed E-state index contributed by atoms with van der Waals surface area (Å²) in [4.78, 5) is 38.5. The van der Waals surface area contributed by atoms with E-state index >= 15 is 0 Å². The summed E-state index contributed by atoms with van der Waals surface area (Å²) in [6.45, 7) is 4.89. The van der Waals surface area contributed by atoms with E-state index in [0.29, 0.717) is 25.1 Å². The van der Waals surface area contributed by atoms with E-state index in [2.05, 4.69) is 5.32 Å². The summed E-state index contributed by atoms with van der Waals surface area (Å²) >= 11 is 0. The fourth-order valence-corrected chi connectivity index (χ4v) is 3.70. The van der Waals surface area contributed by atoms with Gasteiger partial charge in [-0.25, -0.2) is 4.79 Å². The maximum atomic E-state index is 12.7. The van der Waals surface area contributed by atoms with E-state index in [0.717, 1.165) is 30.4 Å². The van der Waals surface area contributed by atoms with E-state index in [9.17, 15) is 19.5 Å². The number of hydrogen-bond donors (Lipinski definition) is 2. The van der Waals surface area contributed by atoms with Crippen molar-refractivity contribution in [2.24, 2.45) is 11.8 Å². The smallest absolute Gasteiger partial charge is 0.330 e. The molecular weight excluding hydrogens is 332 g/mol. The van der Waals surface area contributed by atoms with Crippen LogP contribution in [0.4, 0.5) is 0 Å². The van der Waals surface area contributed by atoms with Gasteiger partial charge in [0.25, 0.3) is 0 Å². The molecule has 1 aromatic rings. The van der Waals surface area contributed by atoms with Crippen molar-refractivity contribution in [1.29, 1.82) is 0 Å². The van der Waals surface area contributed by atoms with Gasteiger partial charge in [-0.2, -0.15) is 0 Å². The van der Waals surface area contributed by atoms with Crippen LogP contribution in [0.2, 0.25) is 0 Å². The minimum absolute atomic E-state index is 0.138. The third kappa shape index (κ3) is 4.23. The quantitative estimate of drug-likeness (QED) is 0.845. The molecule has 0 bridgehead atoms. The second-order valence-corrected chi connectivity index (χ2v) is 7.60. The Hall–Kier alpha value is -2.37. The van der Waals surface area contributed by atoms with Crippen molar-refractivity contribution in [3.05, 3.63) is 34.9 Å². The van der Waals surface area contributed by atoms with Gasteiger partial charge in [-0.15, -0.1) is 0 Å². The largest absolute Gasteiger partial charge is 0.479 e. The van der Waals surface area contributed by atoms with Crippen molar-refractivity contribution in [3.63, 3.8) is 0 Å². The molecule has 2 fully saturated rings. The summed E-state index contributed by atoms with van der Waals surface area (Å²) in [5, 5.41) is 12.3. The number of aryl methyl sites for hydroxylation is 2. The van der Waals surface area contributed by atoms with Crippen LogP contribution in [0, 0.1) is 25.7 Å². The molecule has 6 heteroatoms. The Morgan fingerprint density at radius 2 is 1.73 bits per heavy atom. The molecule has 3 rings (SSSR count). The van der Waals surface area contributed by atoms with Crippen LogP contribution in [-0.2, 0) is 14.4 Å². The van der Waals surface area contributed by atoms with Crippen molar-refractivity contribution in [2.75, 3.05) is 13.1 Å². The van der Waals surface area contributed by atoms with Crippen LogP contribution >= 0.6 is 0 Å². The van der Waals surface area contributed by atoms with Gasteiger partial charge < -0.3 is 15.3 Å². The molecular formula is C20H26N2O4. The molecule has 26 heavy (non-hydrogen) atoms. The third-order valence-corrected chi connectivity index (χ3v) is 5.14. The monoisotopic (exact) mass is 358 g/mol. The Morgan fingerprint density at radius 1 is 1.08 bits per heavy atom. The van der Waals surface area contributed by atoms with Gasteiger partial charge in [-0.3, -0.25) is 9.59 Å². The SMILES string of the molecule is Cc1cc(C)cc(C(NC(=O)C2CCCN(C(=O)C3CC3)C2)C(=O)O)c1. The van der Waals surface area contributed by atoms with Crippen molar-refractivity contribution < 1.29 is 19.5 Å². The molecule has 1 saturated heterocycles. The molecule has 2 unspecified atom stereocenters. The van der Waals surface area contributed by atoms with Crippen LogP contribution in [0.3, 0.4) is 0 Å². The van der Waals surface area contributed by atoms with Gasteiger partial charge in [0, 0.05) is 19.0 Å². The van der Waals surface area contributed by atoms with Crippen LogP contribution in [-0.4, -0.2) is 40.9 Å². The fraction of sp³-hybridized carbons (Fsp3) is 0.550. The van der Waals surface area contributed by atoms with E-state index < -0.39 is 12.0 Å². The van der Waals surface area contributed by atoms with Crippen molar-refractivity contribution in [1.82, 2.24) is 10.2 Å². The lowest BCUT2D eigenvalue weighted by molar-refractivity contribution is -0.144. The van der Waals surface area contributed by atoms with Gasteiger partial charge in [0.05, 0.1) is 5.92 Å². The highest BCUT2D eigenvalue weighted by atomic mass is 16.4. The first-order valence-electron chi connectivity index (χ1n) is 9.25. The molecule has 0 radical (unpaired) electrons. The number of rotatable bonds is 5. The summed E-state index contributed by atoms with van der Waals surface area (Å²) in [7, 11) is 0. The molecule has 2 amide bonds.